The van der Waals surface area contributed by atoms with Crippen molar-refractivity contribution in [3.05, 3.63) is 5.38 Å². The number of thiol groups is 1. The van der Waals surface area contributed by atoms with E-state index in [1.165, 1.54) is 0 Å². The second-order valence-corrected chi connectivity index (χ2v) is 5.14. The van der Waals surface area contributed by atoms with Gasteiger partial charge in [0.05, 0.1) is 5.38 Å². The molecule has 0 aromatic heterocycles. The van der Waals surface area contributed by atoms with Gasteiger partial charge in [-0.3, -0.25) is 0 Å². The summed E-state index contributed by atoms with van der Waals surface area (Å²) in [5.41, 5.74) is 0. The summed E-state index contributed by atoms with van der Waals surface area (Å²) in [4.78, 5) is 0. The highest BCUT2D eigenvalue weighted by Crippen LogP contribution is 2.15. The van der Waals surface area contributed by atoms with Crippen LogP contribution >= 0.6 is 12.6 Å². The average molecular weight is 209 g/mol. The Morgan fingerprint density at radius 1 is 1.00 bits per heavy atom. The number of hydrogen-bond acceptors (Lipinski definition) is 4. The highest BCUT2D eigenvalue weighted by molar-refractivity contribution is 7.84. The van der Waals surface area contributed by atoms with Crippen LogP contribution in [0.4, 0.5) is 0 Å². The van der Waals surface area contributed by atoms with E-state index >= 15 is 0 Å². The van der Waals surface area contributed by atoms with Gasteiger partial charge in [0.25, 0.3) is 0 Å². The molecule has 12 heavy (non-hydrogen) atoms. The maximum Gasteiger partial charge on any atom is 0.515 e. The topological polar surface area (TPSA) is 27.7 Å². The van der Waals surface area contributed by atoms with Crippen molar-refractivity contribution in [2.45, 2.75) is 20.8 Å². The molecule has 0 saturated carbocycles. The standard InChI is InChI=1S/C7H17O3SSi/c1-4-8-12(7-11,9-5-2)10-6-3/h7,11H,4-6H2,1-3H3. The summed E-state index contributed by atoms with van der Waals surface area (Å²) in [6.45, 7) is 7.50. The van der Waals surface area contributed by atoms with E-state index in [2.05, 4.69) is 12.6 Å². The van der Waals surface area contributed by atoms with E-state index in [9.17, 15) is 0 Å². The number of rotatable bonds is 7. The molecule has 1 radical (unpaired) electrons. The molecule has 0 aliphatic rings. The molecule has 73 valence electrons. The van der Waals surface area contributed by atoms with E-state index in [1.807, 2.05) is 20.8 Å². The molecule has 0 aromatic carbocycles. The molecule has 0 N–H and O–H groups in total. The summed E-state index contributed by atoms with van der Waals surface area (Å²) < 4.78 is 16.3. The molecule has 0 spiro atoms. The van der Waals surface area contributed by atoms with Crippen molar-refractivity contribution in [2.24, 2.45) is 0 Å². The van der Waals surface area contributed by atoms with Gasteiger partial charge >= 0.3 is 8.80 Å². The Bertz CT molecular complexity index is 95.8. The van der Waals surface area contributed by atoms with Gasteiger partial charge in [-0.25, -0.2) is 0 Å². The van der Waals surface area contributed by atoms with Crippen LogP contribution in [-0.4, -0.2) is 28.6 Å². The van der Waals surface area contributed by atoms with Crippen molar-refractivity contribution in [1.82, 2.24) is 0 Å². The molecule has 0 rings (SSSR count). The van der Waals surface area contributed by atoms with Gasteiger partial charge in [0, 0.05) is 19.8 Å². The van der Waals surface area contributed by atoms with Crippen LogP contribution in [0.1, 0.15) is 20.8 Å². The molecule has 0 aliphatic carbocycles. The van der Waals surface area contributed by atoms with Crippen LogP contribution in [0, 0.1) is 5.38 Å². The Morgan fingerprint density at radius 3 is 1.50 bits per heavy atom. The summed E-state index contributed by atoms with van der Waals surface area (Å²) >= 11 is 4.07. The van der Waals surface area contributed by atoms with E-state index in [4.69, 9.17) is 13.3 Å². The van der Waals surface area contributed by atoms with Crippen molar-refractivity contribution >= 4 is 21.4 Å². The lowest BCUT2D eigenvalue weighted by Gasteiger charge is -2.26. The molecular weight excluding hydrogens is 192 g/mol. The van der Waals surface area contributed by atoms with Crippen LogP contribution in [0.25, 0.3) is 0 Å². The molecule has 5 heteroatoms. The lowest BCUT2D eigenvalue weighted by Crippen LogP contribution is -2.45. The zero-order valence-corrected chi connectivity index (χ0v) is 9.77. The molecule has 0 fully saturated rings. The van der Waals surface area contributed by atoms with Gasteiger partial charge in [-0.05, 0) is 20.8 Å². The highest BCUT2D eigenvalue weighted by Gasteiger charge is 2.39. The van der Waals surface area contributed by atoms with E-state index < -0.39 is 8.80 Å². The summed E-state index contributed by atoms with van der Waals surface area (Å²) in [5, 5.41) is 1.61. The van der Waals surface area contributed by atoms with Gasteiger partial charge in [-0.2, -0.15) is 12.6 Å². The minimum atomic E-state index is -2.53. The van der Waals surface area contributed by atoms with Gasteiger partial charge in [-0.1, -0.05) is 0 Å². The van der Waals surface area contributed by atoms with Crippen molar-refractivity contribution in [3.63, 3.8) is 0 Å². The first-order chi connectivity index (χ1) is 5.74. The van der Waals surface area contributed by atoms with E-state index in [0.29, 0.717) is 19.8 Å². The van der Waals surface area contributed by atoms with E-state index in [0.717, 1.165) is 0 Å². The minimum absolute atomic E-state index is 0.587. The molecular formula is C7H17O3SSi. The zero-order chi connectivity index (χ0) is 9.45. The lowest BCUT2D eigenvalue weighted by molar-refractivity contribution is 0.0824. The van der Waals surface area contributed by atoms with Gasteiger partial charge in [0.15, 0.2) is 0 Å². The highest BCUT2D eigenvalue weighted by atomic mass is 32.1. The summed E-state index contributed by atoms with van der Waals surface area (Å²) in [5.74, 6) is 0. The van der Waals surface area contributed by atoms with Crippen LogP contribution in [-0.2, 0) is 13.3 Å². The first kappa shape index (κ1) is 12.4. The third kappa shape index (κ3) is 3.91. The van der Waals surface area contributed by atoms with Crippen LogP contribution in [0.5, 0.6) is 0 Å². The second-order valence-electron chi connectivity index (χ2n) is 2.03. The van der Waals surface area contributed by atoms with Crippen LogP contribution in [0.15, 0.2) is 0 Å². The summed E-state index contributed by atoms with van der Waals surface area (Å²) in [6.07, 6.45) is 0. The third-order valence-electron chi connectivity index (χ3n) is 1.19. The Kier molecular flexibility index (Phi) is 7.17. The SMILES string of the molecule is CCO[Si]([CH]S)(OCC)OCC. The predicted molar refractivity (Wildman–Crippen MR) is 53.9 cm³/mol. The van der Waals surface area contributed by atoms with E-state index in [1.54, 1.807) is 5.38 Å². The fraction of sp³-hybridized carbons (Fsp3) is 0.857. The quantitative estimate of drug-likeness (QED) is 0.510. The maximum absolute atomic E-state index is 5.42. The normalized spacial score (nSPS) is 12.0. The van der Waals surface area contributed by atoms with Gasteiger partial charge in [-0.15, -0.1) is 0 Å². The van der Waals surface area contributed by atoms with Gasteiger partial charge < -0.3 is 13.3 Å². The third-order valence-corrected chi connectivity index (χ3v) is 4.53. The average Bonchev–Trinajstić information content (AvgIpc) is 2.06. The lowest BCUT2D eigenvalue weighted by atomic mass is 10.9. The smallest absolute Gasteiger partial charge is 0.373 e. The first-order valence-electron chi connectivity index (χ1n) is 4.15. The Labute approximate surface area is 81.2 Å². The molecule has 0 saturated heterocycles. The summed E-state index contributed by atoms with van der Waals surface area (Å²) in [7, 11) is -2.53. The van der Waals surface area contributed by atoms with Gasteiger partial charge in [0.1, 0.15) is 0 Å². The Morgan fingerprint density at radius 2 is 1.33 bits per heavy atom. The maximum atomic E-state index is 5.42. The fourth-order valence-electron chi connectivity index (χ4n) is 0.840. The molecule has 3 nitrogen and oxygen atoms in total. The molecule has 0 aliphatic heterocycles. The largest absolute Gasteiger partial charge is 0.515 e. The molecule has 0 heterocycles. The first-order valence-corrected chi connectivity index (χ1v) is 6.47. The molecule has 0 amide bonds. The fourth-order valence-corrected chi connectivity index (χ4v) is 3.19. The van der Waals surface area contributed by atoms with Gasteiger partial charge in [0.2, 0.25) is 0 Å². The van der Waals surface area contributed by atoms with Crippen molar-refractivity contribution < 1.29 is 13.3 Å². The van der Waals surface area contributed by atoms with Crippen molar-refractivity contribution in [3.8, 4) is 0 Å². The van der Waals surface area contributed by atoms with Crippen molar-refractivity contribution in [2.75, 3.05) is 19.8 Å². The van der Waals surface area contributed by atoms with Crippen LogP contribution in [0.2, 0.25) is 0 Å². The monoisotopic (exact) mass is 209 g/mol. The molecule has 0 unspecified atom stereocenters. The minimum Gasteiger partial charge on any atom is -0.373 e. The number of hydrogen-bond donors (Lipinski definition) is 1. The molecule has 0 aromatic rings. The van der Waals surface area contributed by atoms with Crippen LogP contribution in [0.3, 0.4) is 0 Å². The Balaban J connectivity index is 4.06. The molecule has 0 atom stereocenters. The Hall–Kier alpha value is 0.447. The summed E-state index contributed by atoms with van der Waals surface area (Å²) in [6, 6.07) is 0. The van der Waals surface area contributed by atoms with E-state index in [-0.39, 0.29) is 0 Å². The second kappa shape index (κ2) is 6.91. The van der Waals surface area contributed by atoms with Crippen LogP contribution < -0.4 is 0 Å². The predicted octanol–water partition coefficient (Wildman–Crippen LogP) is 1.67. The van der Waals surface area contributed by atoms with Crippen molar-refractivity contribution in [1.29, 1.82) is 0 Å². The zero-order valence-electron chi connectivity index (χ0n) is 7.87. The molecule has 0 bridgehead atoms.